The summed E-state index contributed by atoms with van der Waals surface area (Å²) in [5.74, 6) is 6.28. The van der Waals surface area contributed by atoms with E-state index in [1.165, 1.54) is 10.4 Å². The first kappa shape index (κ1) is 26.9. The summed E-state index contributed by atoms with van der Waals surface area (Å²) >= 11 is 0. The predicted octanol–water partition coefficient (Wildman–Crippen LogP) is 1.55. The Balaban J connectivity index is 1.94. The molecule has 0 saturated carbocycles. The molecule has 8 nitrogen and oxygen atoms in total. The van der Waals surface area contributed by atoms with Crippen molar-refractivity contribution in [2.75, 3.05) is 46.5 Å². The first-order valence-corrected chi connectivity index (χ1v) is 13.4. The van der Waals surface area contributed by atoms with Gasteiger partial charge in [-0.2, -0.15) is 4.31 Å². The van der Waals surface area contributed by atoms with Gasteiger partial charge in [0, 0.05) is 50.4 Å². The molecule has 4 atom stereocenters. The van der Waals surface area contributed by atoms with Gasteiger partial charge in [-0.05, 0) is 57.9 Å². The molecule has 0 amide bonds. The lowest BCUT2D eigenvalue weighted by atomic mass is 9.98. The third kappa shape index (κ3) is 6.72. The summed E-state index contributed by atoms with van der Waals surface area (Å²) in [7, 11) is -1.82. The molecule has 0 radical (unpaired) electrons. The van der Waals surface area contributed by atoms with Crippen LogP contribution in [0.4, 0.5) is 0 Å². The summed E-state index contributed by atoms with van der Waals surface area (Å²) < 4.78 is 40.3. The first-order chi connectivity index (χ1) is 16.1. The normalized spacial score (nSPS) is 25.3. The Morgan fingerprint density at radius 2 is 1.94 bits per heavy atom. The fourth-order valence-corrected chi connectivity index (χ4v) is 6.29. The molecule has 34 heavy (non-hydrogen) atoms. The van der Waals surface area contributed by atoms with Gasteiger partial charge < -0.3 is 24.6 Å². The van der Waals surface area contributed by atoms with Crippen molar-refractivity contribution in [2.45, 2.75) is 56.8 Å². The number of benzene rings is 1. The van der Waals surface area contributed by atoms with E-state index in [0.29, 0.717) is 18.0 Å². The van der Waals surface area contributed by atoms with Crippen LogP contribution in [0.2, 0.25) is 0 Å². The molecule has 0 aliphatic carbocycles. The zero-order valence-corrected chi connectivity index (χ0v) is 21.4. The molecule has 2 aliphatic rings. The number of aliphatic hydroxyl groups is 2. The highest BCUT2D eigenvalue weighted by molar-refractivity contribution is 7.89. The van der Waals surface area contributed by atoms with Crippen LogP contribution in [0.25, 0.3) is 0 Å². The number of nitrogens with zero attached hydrogens (tertiary/aromatic N) is 2. The van der Waals surface area contributed by atoms with Gasteiger partial charge in [0.05, 0.1) is 6.61 Å². The Morgan fingerprint density at radius 3 is 2.59 bits per heavy atom. The summed E-state index contributed by atoms with van der Waals surface area (Å²) in [6.07, 6.45) is 1.03. The number of aliphatic hydroxyl groups excluding tert-OH is 2. The number of ether oxygens (including phenoxy) is 2. The molecular weight excluding hydrogens is 456 g/mol. The van der Waals surface area contributed by atoms with Gasteiger partial charge in [-0.3, -0.25) is 0 Å². The van der Waals surface area contributed by atoms with Crippen LogP contribution in [0, 0.1) is 23.7 Å². The van der Waals surface area contributed by atoms with Crippen molar-refractivity contribution in [3.8, 4) is 17.6 Å². The topological polar surface area (TPSA) is 99.5 Å². The summed E-state index contributed by atoms with van der Waals surface area (Å²) in [6, 6.07) is 4.20. The molecule has 3 rings (SSSR count). The molecule has 0 bridgehead atoms. The Kier molecular flexibility index (Phi) is 9.38. The molecule has 1 saturated heterocycles. The minimum Gasteiger partial charge on any atom is -0.487 e. The van der Waals surface area contributed by atoms with Gasteiger partial charge >= 0.3 is 0 Å². The number of fused-ring (bicyclic) bond motifs is 1. The molecular formula is C25H38N2O6S. The van der Waals surface area contributed by atoms with Crippen molar-refractivity contribution in [3.05, 3.63) is 23.8 Å². The second-order valence-corrected chi connectivity index (χ2v) is 11.5. The van der Waals surface area contributed by atoms with Gasteiger partial charge in [0.1, 0.15) is 22.9 Å². The zero-order valence-electron chi connectivity index (χ0n) is 20.6. The maximum absolute atomic E-state index is 13.5. The third-order valence-corrected chi connectivity index (χ3v) is 8.51. The van der Waals surface area contributed by atoms with Gasteiger partial charge in [0.15, 0.2) is 0 Å². The van der Waals surface area contributed by atoms with Crippen molar-refractivity contribution in [1.82, 2.24) is 9.21 Å². The lowest BCUT2D eigenvalue weighted by molar-refractivity contribution is 0.0402. The fraction of sp³-hybridized carbons (Fsp3) is 0.680. The van der Waals surface area contributed by atoms with Crippen LogP contribution in [0.15, 0.2) is 23.1 Å². The summed E-state index contributed by atoms with van der Waals surface area (Å²) in [4.78, 5) is 2.32. The highest BCUT2D eigenvalue weighted by atomic mass is 32.2. The SMILES string of the molecule is C[C@H](O)C#Cc1ccc2c(c1)O[C@@H](CN(C)CC1CCOCC1)[C@@H](C)CN([C@@H](C)CO)S2(=O)=O. The minimum absolute atomic E-state index is 0.0689. The molecule has 190 valence electrons. The first-order valence-electron chi connectivity index (χ1n) is 12.0. The van der Waals surface area contributed by atoms with Gasteiger partial charge in [-0.15, -0.1) is 0 Å². The molecule has 2 N–H and O–H groups in total. The Labute approximate surface area is 203 Å². The average Bonchev–Trinajstić information content (AvgIpc) is 2.80. The van der Waals surface area contributed by atoms with Crippen LogP contribution in [0.1, 0.15) is 39.2 Å². The van der Waals surface area contributed by atoms with Crippen LogP contribution in [0.5, 0.6) is 5.75 Å². The summed E-state index contributed by atoms with van der Waals surface area (Å²) in [6.45, 7) is 8.41. The Hall–Kier alpha value is -1.67. The molecule has 1 fully saturated rings. The van der Waals surface area contributed by atoms with Crippen LogP contribution in [-0.2, 0) is 14.8 Å². The molecule has 2 heterocycles. The molecule has 9 heteroatoms. The molecule has 1 aromatic carbocycles. The van der Waals surface area contributed by atoms with E-state index >= 15 is 0 Å². The van der Waals surface area contributed by atoms with E-state index < -0.39 is 22.2 Å². The van der Waals surface area contributed by atoms with Gasteiger partial charge in [0.2, 0.25) is 10.0 Å². The van der Waals surface area contributed by atoms with Gasteiger partial charge in [-0.25, -0.2) is 8.42 Å². The highest BCUT2D eigenvalue weighted by Gasteiger charge is 2.38. The number of hydrogen-bond donors (Lipinski definition) is 2. The molecule has 0 aromatic heterocycles. The molecule has 0 spiro atoms. The van der Waals surface area contributed by atoms with E-state index in [-0.39, 0.29) is 35.8 Å². The van der Waals surface area contributed by atoms with Crippen molar-refractivity contribution in [1.29, 1.82) is 0 Å². The van der Waals surface area contributed by atoms with E-state index in [4.69, 9.17) is 9.47 Å². The Bertz CT molecular complexity index is 981. The fourth-order valence-electron chi connectivity index (χ4n) is 4.46. The number of likely N-dealkylation sites (N-methyl/N-ethyl adjacent to an activating group) is 1. The standard InChI is InChI=1S/C25H38N2O6S/c1-18-14-27(19(2)17-28)34(30,31)25-8-7-21(6-5-20(3)29)13-23(25)33-24(18)16-26(4)15-22-9-11-32-12-10-22/h7-8,13,18-20,22,24,28-29H,9-12,14-17H2,1-4H3/t18-,19-,20-,24-/m0/s1. The van der Waals surface area contributed by atoms with Crippen LogP contribution in [0.3, 0.4) is 0 Å². The van der Waals surface area contributed by atoms with Crippen molar-refractivity contribution in [2.24, 2.45) is 11.8 Å². The largest absolute Gasteiger partial charge is 0.487 e. The second-order valence-electron chi connectivity index (χ2n) is 9.62. The van der Waals surface area contributed by atoms with Crippen molar-refractivity contribution >= 4 is 10.0 Å². The van der Waals surface area contributed by atoms with E-state index in [1.807, 2.05) is 6.92 Å². The summed E-state index contributed by atoms with van der Waals surface area (Å²) in [5, 5.41) is 19.3. The minimum atomic E-state index is -3.89. The quantitative estimate of drug-likeness (QED) is 0.579. The van der Waals surface area contributed by atoms with Crippen LogP contribution >= 0.6 is 0 Å². The maximum Gasteiger partial charge on any atom is 0.247 e. The molecule has 0 unspecified atom stereocenters. The van der Waals surface area contributed by atoms with Crippen LogP contribution < -0.4 is 4.74 Å². The van der Waals surface area contributed by atoms with E-state index in [2.05, 4.69) is 23.8 Å². The maximum atomic E-state index is 13.5. The molecule has 1 aromatic rings. The van der Waals surface area contributed by atoms with Crippen molar-refractivity contribution in [3.63, 3.8) is 0 Å². The van der Waals surface area contributed by atoms with Crippen LogP contribution in [-0.4, -0.2) is 92.6 Å². The number of sulfonamides is 1. The lowest BCUT2D eigenvalue weighted by Gasteiger charge is -2.38. The van der Waals surface area contributed by atoms with E-state index in [0.717, 1.165) is 32.6 Å². The Morgan fingerprint density at radius 1 is 1.24 bits per heavy atom. The van der Waals surface area contributed by atoms with E-state index in [1.54, 1.807) is 26.0 Å². The van der Waals surface area contributed by atoms with Crippen molar-refractivity contribution < 1.29 is 28.1 Å². The van der Waals surface area contributed by atoms with Gasteiger partial charge in [0.25, 0.3) is 0 Å². The van der Waals surface area contributed by atoms with E-state index in [9.17, 15) is 18.6 Å². The second kappa shape index (κ2) is 11.8. The monoisotopic (exact) mass is 494 g/mol. The lowest BCUT2D eigenvalue weighted by Crippen LogP contribution is -2.50. The molecule has 2 aliphatic heterocycles. The highest BCUT2D eigenvalue weighted by Crippen LogP contribution is 2.34. The number of hydrogen-bond acceptors (Lipinski definition) is 7. The summed E-state index contributed by atoms with van der Waals surface area (Å²) in [5.41, 5.74) is 0.569. The average molecular weight is 495 g/mol. The number of rotatable bonds is 6. The van der Waals surface area contributed by atoms with Gasteiger partial charge in [-0.1, -0.05) is 18.8 Å². The zero-order chi connectivity index (χ0) is 24.9. The predicted molar refractivity (Wildman–Crippen MR) is 130 cm³/mol. The third-order valence-electron chi connectivity index (χ3n) is 6.49. The smallest absolute Gasteiger partial charge is 0.247 e.